The molecule has 1 aromatic rings. The van der Waals surface area contributed by atoms with Crippen LogP contribution in [-0.4, -0.2) is 18.1 Å². The minimum Gasteiger partial charge on any atom is -0.356 e. The molecule has 0 bridgehead atoms. The third-order valence-corrected chi connectivity index (χ3v) is 3.96. The summed E-state index contributed by atoms with van der Waals surface area (Å²) >= 11 is 0. The first kappa shape index (κ1) is 12.9. The third-order valence-electron chi connectivity index (χ3n) is 3.96. The molecule has 1 saturated heterocycles. The van der Waals surface area contributed by atoms with Crippen LogP contribution in [0.1, 0.15) is 37.8 Å². The lowest BCUT2D eigenvalue weighted by Gasteiger charge is -2.35. The Morgan fingerprint density at radius 3 is 2.56 bits per heavy atom. The van der Waals surface area contributed by atoms with E-state index in [0.29, 0.717) is 5.56 Å². The van der Waals surface area contributed by atoms with Crippen molar-refractivity contribution in [3.05, 3.63) is 23.4 Å². The molecule has 1 aliphatic heterocycles. The van der Waals surface area contributed by atoms with Crippen LogP contribution in [0.3, 0.4) is 0 Å². The van der Waals surface area contributed by atoms with E-state index in [1.165, 1.54) is 12.8 Å². The van der Waals surface area contributed by atoms with Crippen molar-refractivity contribution in [1.82, 2.24) is 4.98 Å². The number of aromatic nitrogens is 1. The summed E-state index contributed by atoms with van der Waals surface area (Å²) in [4.78, 5) is 6.80. The fourth-order valence-corrected chi connectivity index (χ4v) is 2.74. The lowest BCUT2D eigenvalue weighted by atomic mass is 9.86. The molecule has 0 radical (unpaired) electrons. The number of rotatable bonds is 2. The van der Waals surface area contributed by atoms with Crippen molar-refractivity contribution in [3.8, 4) is 6.07 Å². The molecule has 1 aliphatic rings. The predicted molar refractivity (Wildman–Crippen MR) is 73.5 cm³/mol. The lowest BCUT2D eigenvalue weighted by Crippen LogP contribution is -2.36. The van der Waals surface area contributed by atoms with Gasteiger partial charge in [-0.25, -0.2) is 4.98 Å². The van der Waals surface area contributed by atoms with Crippen LogP contribution in [0, 0.1) is 30.1 Å². The molecular formula is C15H21N3. The molecule has 1 fully saturated rings. The van der Waals surface area contributed by atoms with Crippen molar-refractivity contribution >= 4 is 5.82 Å². The Hall–Kier alpha value is -1.56. The predicted octanol–water partition coefficient (Wildman–Crippen LogP) is 3.13. The summed E-state index contributed by atoms with van der Waals surface area (Å²) in [6.45, 7) is 8.83. The van der Waals surface area contributed by atoms with Crippen molar-refractivity contribution in [1.29, 1.82) is 5.26 Å². The maximum atomic E-state index is 8.86. The summed E-state index contributed by atoms with van der Waals surface area (Å²) in [5.74, 6) is 2.68. The maximum Gasteiger partial charge on any atom is 0.131 e. The highest BCUT2D eigenvalue weighted by Gasteiger charge is 2.23. The van der Waals surface area contributed by atoms with Gasteiger partial charge >= 0.3 is 0 Å². The number of piperidine rings is 1. The molecule has 1 aromatic heterocycles. The molecular weight excluding hydrogens is 222 g/mol. The largest absolute Gasteiger partial charge is 0.356 e. The molecule has 0 N–H and O–H groups in total. The fourth-order valence-electron chi connectivity index (χ4n) is 2.74. The molecule has 0 aliphatic carbocycles. The van der Waals surface area contributed by atoms with E-state index in [0.717, 1.165) is 36.3 Å². The first-order valence-corrected chi connectivity index (χ1v) is 6.73. The average Bonchev–Trinajstić information content (AvgIpc) is 2.38. The summed E-state index contributed by atoms with van der Waals surface area (Å²) < 4.78 is 0. The van der Waals surface area contributed by atoms with Gasteiger partial charge in [0.1, 0.15) is 11.9 Å². The zero-order valence-corrected chi connectivity index (χ0v) is 11.5. The first-order valence-electron chi connectivity index (χ1n) is 6.73. The van der Waals surface area contributed by atoms with Gasteiger partial charge in [-0.2, -0.15) is 5.26 Å². The first-order chi connectivity index (χ1) is 8.61. The standard InChI is InChI=1S/C15H21N3/c1-11(2)14-4-6-18(7-5-14)15-12(3)8-13(9-16)10-17-15/h8,10-11,14H,4-7H2,1-3H3. The molecule has 18 heavy (non-hydrogen) atoms. The van der Waals surface area contributed by atoms with Crippen LogP contribution in [0.5, 0.6) is 0 Å². The van der Waals surface area contributed by atoms with Crippen LogP contribution >= 0.6 is 0 Å². The van der Waals surface area contributed by atoms with E-state index in [1.54, 1.807) is 6.20 Å². The Bertz CT molecular complexity index is 451. The Labute approximate surface area is 109 Å². The number of pyridine rings is 1. The van der Waals surface area contributed by atoms with E-state index < -0.39 is 0 Å². The van der Waals surface area contributed by atoms with E-state index >= 15 is 0 Å². The van der Waals surface area contributed by atoms with E-state index in [2.05, 4.69) is 29.8 Å². The van der Waals surface area contributed by atoms with Crippen molar-refractivity contribution in [2.24, 2.45) is 11.8 Å². The van der Waals surface area contributed by atoms with Crippen molar-refractivity contribution in [2.75, 3.05) is 18.0 Å². The normalized spacial score (nSPS) is 16.9. The van der Waals surface area contributed by atoms with Gasteiger partial charge in [-0.3, -0.25) is 0 Å². The van der Waals surface area contributed by atoms with E-state index in [-0.39, 0.29) is 0 Å². The van der Waals surface area contributed by atoms with Crippen molar-refractivity contribution in [3.63, 3.8) is 0 Å². The van der Waals surface area contributed by atoms with Gasteiger partial charge in [0, 0.05) is 19.3 Å². The molecule has 0 aromatic carbocycles. The molecule has 0 spiro atoms. The highest BCUT2D eigenvalue weighted by Crippen LogP contribution is 2.28. The number of hydrogen-bond acceptors (Lipinski definition) is 3. The molecule has 96 valence electrons. The van der Waals surface area contributed by atoms with Crippen LogP contribution < -0.4 is 4.90 Å². The van der Waals surface area contributed by atoms with Gasteiger partial charge in [0.05, 0.1) is 5.56 Å². The summed E-state index contributed by atoms with van der Waals surface area (Å²) in [7, 11) is 0. The number of nitrogens with zero attached hydrogens (tertiary/aromatic N) is 3. The maximum absolute atomic E-state index is 8.86. The van der Waals surface area contributed by atoms with E-state index in [1.807, 2.05) is 13.0 Å². The SMILES string of the molecule is Cc1cc(C#N)cnc1N1CCC(C(C)C)CC1. The molecule has 0 unspecified atom stereocenters. The van der Waals surface area contributed by atoms with Crippen LogP contribution in [0.25, 0.3) is 0 Å². The molecule has 3 heteroatoms. The summed E-state index contributed by atoms with van der Waals surface area (Å²) in [5.41, 5.74) is 1.75. The number of hydrogen-bond donors (Lipinski definition) is 0. The smallest absolute Gasteiger partial charge is 0.131 e. The van der Waals surface area contributed by atoms with Crippen LogP contribution in [-0.2, 0) is 0 Å². The Morgan fingerprint density at radius 2 is 2.06 bits per heavy atom. The van der Waals surface area contributed by atoms with E-state index in [4.69, 9.17) is 5.26 Å². The second-order valence-corrected chi connectivity index (χ2v) is 5.54. The molecule has 0 atom stereocenters. The average molecular weight is 243 g/mol. The number of anilines is 1. The van der Waals surface area contributed by atoms with Crippen molar-refractivity contribution < 1.29 is 0 Å². The van der Waals surface area contributed by atoms with Gasteiger partial charge in [-0.15, -0.1) is 0 Å². The zero-order chi connectivity index (χ0) is 13.1. The van der Waals surface area contributed by atoms with Crippen LogP contribution in [0.15, 0.2) is 12.3 Å². The second kappa shape index (κ2) is 5.39. The molecule has 3 nitrogen and oxygen atoms in total. The highest BCUT2D eigenvalue weighted by atomic mass is 15.2. The molecule has 0 amide bonds. The number of aryl methyl sites for hydroxylation is 1. The lowest BCUT2D eigenvalue weighted by molar-refractivity contribution is 0.310. The summed E-state index contributed by atoms with van der Waals surface area (Å²) in [6.07, 6.45) is 4.18. The summed E-state index contributed by atoms with van der Waals surface area (Å²) in [5, 5.41) is 8.86. The van der Waals surface area contributed by atoms with Crippen LogP contribution in [0.4, 0.5) is 5.82 Å². The Kier molecular flexibility index (Phi) is 3.86. The minimum absolute atomic E-state index is 0.647. The quantitative estimate of drug-likeness (QED) is 0.801. The highest BCUT2D eigenvalue weighted by molar-refractivity contribution is 5.49. The van der Waals surface area contributed by atoms with Gasteiger partial charge in [-0.1, -0.05) is 13.8 Å². The Balaban J connectivity index is 2.08. The molecule has 2 heterocycles. The number of nitriles is 1. The molecule has 0 saturated carbocycles. The van der Waals surface area contributed by atoms with Gasteiger partial charge < -0.3 is 4.90 Å². The van der Waals surface area contributed by atoms with Gasteiger partial charge in [0.25, 0.3) is 0 Å². The monoisotopic (exact) mass is 243 g/mol. The van der Waals surface area contributed by atoms with Gasteiger partial charge in [0.15, 0.2) is 0 Å². The zero-order valence-electron chi connectivity index (χ0n) is 11.5. The summed E-state index contributed by atoms with van der Waals surface area (Å²) in [6, 6.07) is 4.07. The fraction of sp³-hybridized carbons (Fsp3) is 0.600. The van der Waals surface area contributed by atoms with E-state index in [9.17, 15) is 0 Å². The third kappa shape index (κ3) is 2.64. The minimum atomic E-state index is 0.647. The molecule has 2 rings (SSSR count). The topological polar surface area (TPSA) is 39.9 Å². The van der Waals surface area contributed by atoms with Crippen LogP contribution in [0.2, 0.25) is 0 Å². The van der Waals surface area contributed by atoms with Gasteiger partial charge in [-0.05, 0) is 43.2 Å². The van der Waals surface area contributed by atoms with Crippen molar-refractivity contribution in [2.45, 2.75) is 33.6 Å². The Morgan fingerprint density at radius 1 is 1.39 bits per heavy atom. The van der Waals surface area contributed by atoms with Gasteiger partial charge in [0.2, 0.25) is 0 Å². The second-order valence-electron chi connectivity index (χ2n) is 5.54.